The van der Waals surface area contributed by atoms with Crippen LogP contribution in [0.5, 0.6) is 0 Å². The predicted molar refractivity (Wildman–Crippen MR) is 104 cm³/mol. The number of halogens is 2. The van der Waals surface area contributed by atoms with Gasteiger partial charge >= 0.3 is 0 Å². The fourth-order valence-electron chi connectivity index (χ4n) is 3.13. The van der Waals surface area contributed by atoms with E-state index in [4.69, 9.17) is 0 Å². The smallest absolute Gasteiger partial charge is 0.259 e. The minimum atomic E-state index is -0.848. The molecule has 0 bridgehead atoms. The van der Waals surface area contributed by atoms with Crippen molar-refractivity contribution in [3.05, 3.63) is 71.9 Å². The van der Waals surface area contributed by atoms with Crippen LogP contribution in [0.4, 0.5) is 26.2 Å². The molecule has 3 aromatic rings. The van der Waals surface area contributed by atoms with Gasteiger partial charge in [-0.25, -0.2) is 13.8 Å². The molecule has 2 aromatic heterocycles. The molecule has 9 heteroatoms. The summed E-state index contributed by atoms with van der Waals surface area (Å²) in [6.07, 6.45) is 1.68. The number of anilines is 3. The standard InChI is InChI=1S/C20H18F2N6O/c21-14-4-3-5-15(22)19(14)20(29)28-12-10-27(11-13-28)18-8-7-17(25-26-18)24-16-6-1-2-9-23-16/h1-9H,10-13H2,(H,23,24,25). The van der Waals surface area contributed by atoms with E-state index in [1.807, 2.05) is 29.2 Å². The lowest BCUT2D eigenvalue weighted by molar-refractivity contribution is 0.0736. The van der Waals surface area contributed by atoms with Crippen LogP contribution in [0.2, 0.25) is 0 Å². The molecule has 7 nitrogen and oxygen atoms in total. The SMILES string of the molecule is O=C(c1c(F)cccc1F)N1CCN(c2ccc(Nc3ccccn3)nn2)CC1. The maximum Gasteiger partial charge on any atom is 0.259 e. The van der Waals surface area contributed by atoms with Crippen LogP contribution in [0.25, 0.3) is 0 Å². The minimum Gasteiger partial charge on any atom is -0.352 e. The lowest BCUT2D eigenvalue weighted by atomic mass is 10.1. The summed E-state index contributed by atoms with van der Waals surface area (Å²) >= 11 is 0. The first-order chi connectivity index (χ1) is 14.1. The summed E-state index contributed by atoms with van der Waals surface area (Å²) in [5.41, 5.74) is -0.509. The highest BCUT2D eigenvalue weighted by atomic mass is 19.1. The number of piperazine rings is 1. The maximum atomic E-state index is 13.9. The summed E-state index contributed by atoms with van der Waals surface area (Å²) in [7, 11) is 0. The zero-order valence-electron chi connectivity index (χ0n) is 15.4. The number of aromatic nitrogens is 3. The zero-order valence-corrected chi connectivity index (χ0v) is 15.4. The molecule has 148 valence electrons. The minimum absolute atomic E-state index is 0.336. The number of carbonyl (C=O) groups is 1. The third-order valence-electron chi connectivity index (χ3n) is 4.64. The van der Waals surface area contributed by atoms with Crippen LogP contribution in [0, 0.1) is 11.6 Å². The van der Waals surface area contributed by atoms with Gasteiger partial charge in [-0.1, -0.05) is 12.1 Å². The highest BCUT2D eigenvalue weighted by Crippen LogP contribution is 2.19. The van der Waals surface area contributed by atoms with Gasteiger partial charge in [0.05, 0.1) is 0 Å². The Morgan fingerprint density at radius 3 is 2.24 bits per heavy atom. The van der Waals surface area contributed by atoms with Crippen molar-refractivity contribution in [2.75, 3.05) is 36.4 Å². The van der Waals surface area contributed by atoms with Gasteiger partial charge in [-0.3, -0.25) is 4.79 Å². The van der Waals surface area contributed by atoms with Gasteiger partial charge in [-0.2, -0.15) is 0 Å². The molecule has 1 fully saturated rings. The second kappa shape index (κ2) is 8.17. The normalized spacial score (nSPS) is 14.0. The zero-order chi connectivity index (χ0) is 20.2. The summed E-state index contributed by atoms with van der Waals surface area (Å²) in [6.45, 7) is 1.65. The molecule has 0 unspecified atom stereocenters. The monoisotopic (exact) mass is 396 g/mol. The number of hydrogen-bond donors (Lipinski definition) is 1. The molecule has 1 amide bonds. The first-order valence-corrected chi connectivity index (χ1v) is 9.12. The van der Waals surface area contributed by atoms with Crippen LogP contribution >= 0.6 is 0 Å². The van der Waals surface area contributed by atoms with Gasteiger partial charge in [0.1, 0.15) is 23.0 Å². The highest BCUT2D eigenvalue weighted by molar-refractivity contribution is 5.95. The Morgan fingerprint density at radius 1 is 0.862 bits per heavy atom. The molecular formula is C20H18F2N6O. The molecule has 0 aliphatic carbocycles. The number of nitrogens with one attached hydrogen (secondary N) is 1. The van der Waals surface area contributed by atoms with Crippen molar-refractivity contribution in [1.82, 2.24) is 20.1 Å². The van der Waals surface area contributed by atoms with Crippen LogP contribution in [0.15, 0.2) is 54.7 Å². The first kappa shape index (κ1) is 18.7. The highest BCUT2D eigenvalue weighted by Gasteiger charge is 2.27. The number of hydrogen-bond acceptors (Lipinski definition) is 6. The Labute approximate surface area is 166 Å². The average Bonchev–Trinajstić information content (AvgIpc) is 2.75. The molecule has 0 atom stereocenters. The third kappa shape index (κ3) is 4.13. The van der Waals surface area contributed by atoms with E-state index in [2.05, 4.69) is 20.5 Å². The molecule has 1 aliphatic heterocycles. The quantitative estimate of drug-likeness (QED) is 0.731. The van der Waals surface area contributed by atoms with Crippen LogP contribution in [0.3, 0.4) is 0 Å². The van der Waals surface area contributed by atoms with Crippen LogP contribution in [-0.4, -0.2) is 52.2 Å². The number of nitrogens with zero attached hydrogens (tertiary/aromatic N) is 5. The lowest BCUT2D eigenvalue weighted by Gasteiger charge is -2.35. The molecule has 0 radical (unpaired) electrons. The number of benzene rings is 1. The van der Waals surface area contributed by atoms with Crippen LogP contribution in [0.1, 0.15) is 10.4 Å². The van der Waals surface area contributed by atoms with Crippen LogP contribution in [-0.2, 0) is 0 Å². The lowest BCUT2D eigenvalue weighted by Crippen LogP contribution is -2.49. The van der Waals surface area contributed by atoms with Crippen molar-refractivity contribution >= 4 is 23.4 Å². The van der Waals surface area contributed by atoms with E-state index < -0.39 is 23.1 Å². The molecule has 0 spiro atoms. The van der Waals surface area contributed by atoms with Gasteiger partial charge in [0, 0.05) is 32.4 Å². The van der Waals surface area contributed by atoms with E-state index in [1.54, 1.807) is 12.3 Å². The number of carbonyl (C=O) groups excluding carboxylic acids is 1. The van der Waals surface area contributed by atoms with Crippen molar-refractivity contribution in [3.8, 4) is 0 Å². The molecule has 1 saturated heterocycles. The molecule has 1 N–H and O–H groups in total. The molecule has 3 heterocycles. The van der Waals surface area contributed by atoms with Crippen molar-refractivity contribution in [1.29, 1.82) is 0 Å². The van der Waals surface area contributed by atoms with Crippen molar-refractivity contribution < 1.29 is 13.6 Å². The topological polar surface area (TPSA) is 74.2 Å². The fraction of sp³-hybridized carbons (Fsp3) is 0.200. The maximum absolute atomic E-state index is 13.9. The summed E-state index contributed by atoms with van der Waals surface area (Å²) in [4.78, 5) is 20.1. The van der Waals surface area contributed by atoms with E-state index in [-0.39, 0.29) is 0 Å². The van der Waals surface area contributed by atoms with Gasteiger partial charge in [0.2, 0.25) is 0 Å². The Balaban J connectivity index is 1.37. The number of amides is 1. The van der Waals surface area contributed by atoms with E-state index in [9.17, 15) is 13.6 Å². The molecule has 1 aliphatic rings. The number of rotatable bonds is 4. The van der Waals surface area contributed by atoms with E-state index >= 15 is 0 Å². The van der Waals surface area contributed by atoms with Gasteiger partial charge in [-0.05, 0) is 36.4 Å². The molecule has 4 rings (SSSR count). The Hall–Kier alpha value is -3.62. The second-order valence-corrected chi connectivity index (χ2v) is 6.49. The third-order valence-corrected chi connectivity index (χ3v) is 4.64. The van der Waals surface area contributed by atoms with Crippen LogP contribution < -0.4 is 10.2 Å². The van der Waals surface area contributed by atoms with E-state index in [1.165, 1.54) is 11.0 Å². The Bertz CT molecular complexity index is 971. The van der Waals surface area contributed by atoms with Gasteiger partial charge in [0.15, 0.2) is 11.6 Å². The summed E-state index contributed by atoms with van der Waals surface area (Å²) in [5.74, 6) is -0.432. The second-order valence-electron chi connectivity index (χ2n) is 6.49. The summed E-state index contributed by atoms with van der Waals surface area (Å²) < 4.78 is 27.7. The average molecular weight is 396 g/mol. The predicted octanol–water partition coefficient (Wildman–Crippen LogP) is 2.86. The van der Waals surface area contributed by atoms with E-state index in [0.29, 0.717) is 43.6 Å². The largest absolute Gasteiger partial charge is 0.352 e. The molecular weight excluding hydrogens is 378 g/mol. The summed E-state index contributed by atoms with van der Waals surface area (Å²) in [6, 6.07) is 12.5. The Morgan fingerprint density at radius 2 is 1.62 bits per heavy atom. The van der Waals surface area contributed by atoms with Crippen molar-refractivity contribution in [2.45, 2.75) is 0 Å². The first-order valence-electron chi connectivity index (χ1n) is 9.12. The summed E-state index contributed by atoms with van der Waals surface area (Å²) in [5, 5.41) is 11.4. The van der Waals surface area contributed by atoms with Crippen molar-refractivity contribution in [2.24, 2.45) is 0 Å². The molecule has 1 aromatic carbocycles. The van der Waals surface area contributed by atoms with Crippen molar-refractivity contribution in [3.63, 3.8) is 0 Å². The van der Waals surface area contributed by atoms with Gasteiger partial charge in [-0.15, -0.1) is 10.2 Å². The Kier molecular flexibility index (Phi) is 5.28. The fourth-order valence-corrected chi connectivity index (χ4v) is 3.13. The number of pyridine rings is 1. The molecule has 0 saturated carbocycles. The van der Waals surface area contributed by atoms with E-state index in [0.717, 1.165) is 12.1 Å². The molecule has 29 heavy (non-hydrogen) atoms. The van der Waals surface area contributed by atoms with Gasteiger partial charge < -0.3 is 15.1 Å². The van der Waals surface area contributed by atoms with Gasteiger partial charge in [0.25, 0.3) is 5.91 Å².